The summed E-state index contributed by atoms with van der Waals surface area (Å²) in [4.78, 5) is 4.40. The van der Waals surface area contributed by atoms with Crippen molar-refractivity contribution in [2.75, 3.05) is 18.9 Å². The number of hydrogen-bond acceptors (Lipinski definition) is 7. The zero-order valence-corrected chi connectivity index (χ0v) is 14.3. The van der Waals surface area contributed by atoms with E-state index in [9.17, 15) is 0 Å². The van der Waals surface area contributed by atoms with Gasteiger partial charge in [0.2, 0.25) is 5.89 Å². The van der Waals surface area contributed by atoms with Crippen LogP contribution in [0.4, 0.5) is 5.69 Å². The molecule has 128 valence electrons. The minimum absolute atomic E-state index is 0.0535. The van der Waals surface area contributed by atoms with Gasteiger partial charge in [0.15, 0.2) is 6.61 Å². The molecule has 1 aliphatic carbocycles. The standard InChI is InChI=1S/C17H23N5O2/c1-16(9-17(2,10-16)18-3)15-22-21-14(24-15)8-23-11-6-13-12(20-7-11)4-5-19-13/h6-7,18-19H,4-5,8-10H2,1-3H3. The van der Waals surface area contributed by atoms with Crippen LogP contribution < -0.4 is 15.4 Å². The molecule has 7 heteroatoms. The van der Waals surface area contributed by atoms with Crippen molar-refractivity contribution in [3.05, 3.63) is 29.7 Å². The Kier molecular flexibility index (Phi) is 3.49. The second-order valence-electron chi connectivity index (χ2n) is 7.36. The minimum Gasteiger partial charge on any atom is -0.482 e. The van der Waals surface area contributed by atoms with Crippen LogP contribution in [0.15, 0.2) is 16.7 Å². The number of nitrogens with zero attached hydrogens (tertiary/aromatic N) is 3. The zero-order valence-electron chi connectivity index (χ0n) is 14.3. The Morgan fingerprint density at radius 2 is 2.17 bits per heavy atom. The molecule has 0 saturated heterocycles. The second-order valence-corrected chi connectivity index (χ2v) is 7.36. The normalized spacial score (nSPS) is 28.1. The topological polar surface area (TPSA) is 85.1 Å². The molecule has 0 radical (unpaired) electrons. The van der Waals surface area contributed by atoms with Gasteiger partial charge in [0.05, 0.1) is 17.6 Å². The molecule has 0 amide bonds. The van der Waals surface area contributed by atoms with Crippen molar-refractivity contribution in [3.8, 4) is 5.75 Å². The Morgan fingerprint density at radius 3 is 2.96 bits per heavy atom. The van der Waals surface area contributed by atoms with E-state index in [1.807, 2.05) is 13.1 Å². The maximum atomic E-state index is 5.83. The Hall–Kier alpha value is -2.15. The average Bonchev–Trinajstić information content (AvgIpc) is 3.20. The molecule has 2 N–H and O–H groups in total. The summed E-state index contributed by atoms with van der Waals surface area (Å²) in [7, 11) is 1.99. The number of aromatic nitrogens is 3. The van der Waals surface area contributed by atoms with Crippen LogP contribution in [0.2, 0.25) is 0 Å². The number of anilines is 1. The summed E-state index contributed by atoms with van der Waals surface area (Å²) in [5, 5.41) is 15.0. The summed E-state index contributed by atoms with van der Waals surface area (Å²) >= 11 is 0. The number of pyridine rings is 1. The van der Waals surface area contributed by atoms with E-state index in [4.69, 9.17) is 9.15 Å². The van der Waals surface area contributed by atoms with E-state index < -0.39 is 0 Å². The first-order valence-electron chi connectivity index (χ1n) is 8.37. The number of rotatable bonds is 5. The summed E-state index contributed by atoms with van der Waals surface area (Å²) in [6, 6.07) is 1.97. The fraction of sp³-hybridized carbons (Fsp3) is 0.588. The Morgan fingerprint density at radius 1 is 1.33 bits per heavy atom. The van der Waals surface area contributed by atoms with E-state index in [1.165, 1.54) is 0 Å². The highest BCUT2D eigenvalue weighted by Crippen LogP contribution is 2.49. The Bertz CT molecular complexity index is 751. The van der Waals surface area contributed by atoms with E-state index in [1.54, 1.807) is 6.20 Å². The smallest absolute Gasteiger partial charge is 0.253 e. The molecule has 2 aliphatic rings. The number of fused-ring (bicyclic) bond motifs is 1. The van der Waals surface area contributed by atoms with Gasteiger partial charge >= 0.3 is 0 Å². The fourth-order valence-corrected chi connectivity index (χ4v) is 3.92. The summed E-state index contributed by atoms with van der Waals surface area (Å²) in [5.41, 5.74) is 2.24. The monoisotopic (exact) mass is 329 g/mol. The van der Waals surface area contributed by atoms with Crippen molar-refractivity contribution in [1.29, 1.82) is 0 Å². The molecule has 2 aromatic rings. The highest BCUT2D eigenvalue weighted by molar-refractivity contribution is 5.54. The number of nitrogens with one attached hydrogen (secondary N) is 2. The fourth-order valence-electron chi connectivity index (χ4n) is 3.92. The van der Waals surface area contributed by atoms with Gasteiger partial charge in [-0.25, -0.2) is 0 Å². The molecule has 4 rings (SSSR count). The van der Waals surface area contributed by atoms with Crippen molar-refractivity contribution in [2.24, 2.45) is 0 Å². The predicted molar refractivity (Wildman–Crippen MR) is 89.1 cm³/mol. The van der Waals surface area contributed by atoms with Crippen molar-refractivity contribution in [2.45, 2.75) is 50.7 Å². The quantitative estimate of drug-likeness (QED) is 0.868. The van der Waals surface area contributed by atoms with Crippen LogP contribution in [-0.4, -0.2) is 34.3 Å². The molecular weight excluding hydrogens is 306 g/mol. The zero-order chi connectivity index (χ0) is 16.8. The minimum atomic E-state index is -0.0535. The van der Waals surface area contributed by atoms with Crippen LogP contribution in [0, 0.1) is 0 Å². The lowest BCUT2D eigenvalue weighted by Gasteiger charge is -2.50. The second kappa shape index (κ2) is 5.44. The van der Waals surface area contributed by atoms with Crippen LogP contribution in [0.3, 0.4) is 0 Å². The molecule has 1 aliphatic heterocycles. The molecule has 0 unspecified atom stereocenters. The average molecular weight is 329 g/mol. The number of ether oxygens (including phenoxy) is 1. The van der Waals surface area contributed by atoms with Crippen molar-refractivity contribution in [1.82, 2.24) is 20.5 Å². The van der Waals surface area contributed by atoms with Gasteiger partial charge in [0.1, 0.15) is 5.75 Å². The maximum Gasteiger partial charge on any atom is 0.253 e. The van der Waals surface area contributed by atoms with E-state index in [0.717, 1.165) is 37.2 Å². The Balaban J connectivity index is 1.39. The summed E-state index contributed by atoms with van der Waals surface area (Å²) in [6.45, 7) is 5.57. The largest absolute Gasteiger partial charge is 0.482 e. The highest BCUT2D eigenvalue weighted by Gasteiger charge is 2.52. The molecule has 2 aromatic heterocycles. The van der Waals surface area contributed by atoms with E-state index in [2.05, 4.69) is 39.7 Å². The molecule has 7 nitrogen and oxygen atoms in total. The molecule has 1 saturated carbocycles. The summed E-state index contributed by atoms with van der Waals surface area (Å²) < 4.78 is 11.6. The third-order valence-corrected chi connectivity index (χ3v) is 5.13. The van der Waals surface area contributed by atoms with Gasteiger partial charge < -0.3 is 19.8 Å². The number of hydrogen-bond donors (Lipinski definition) is 2. The molecule has 24 heavy (non-hydrogen) atoms. The van der Waals surface area contributed by atoms with Crippen molar-refractivity contribution >= 4 is 5.69 Å². The van der Waals surface area contributed by atoms with Crippen LogP contribution in [0.25, 0.3) is 0 Å². The van der Waals surface area contributed by atoms with Crippen molar-refractivity contribution < 1.29 is 9.15 Å². The Labute approximate surface area is 141 Å². The molecular formula is C17H23N5O2. The van der Waals surface area contributed by atoms with Gasteiger partial charge in [-0.3, -0.25) is 4.98 Å². The lowest BCUT2D eigenvalue weighted by atomic mass is 9.59. The molecule has 0 atom stereocenters. The van der Waals surface area contributed by atoms with Gasteiger partial charge in [0, 0.05) is 30.0 Å². The third-order valence-electron chi connectivity index (χ3n) is 5.13. The molecule has 1 fully saturated rings. The first-order valence-corrected chi connectivity index (χ1v) is 8.37. The van der Waals surface area contributed by atoms with E-state index in [-0.39, 0.29) is 17.6 Å². The lowest BCUT2D eigenvalue weighted by molar-refractivity contribution is 0.0786. The predicted octanol–water partition coefficient (Wildman–Crippen LogP) is 2.04. The van der Waals surface area contributed by atoms with Gasteiger partial charge in [-0.05, 0) is 26.8 Å². The first-order chi connectivity index (χ1) is 11.5. The van der Waals surface area contributed by atoms with Crippen LogP contribution in [-0.2, 0) is 18.4 Å². The lowest BCUT2D eigenvalue weighted by Crippen LogP contribution is -2.58. The van der Waals surface area contributed by atoms with Crippen LogP contribution in [0.5, 0.6) is 5.75 Å². The van der Waals surface area contributed by atoms with Crippen LogP contribution in [0.1, 0.15) is 44.2 Å². The summed E-state index contributed by atoms with van der Waals surface area (Å²) in [5.74, 6) is 1.90. The molecule has 0 aromatic carbocycles. The van der Waals surface area contributed by atoms with Gasteiger partial charge in [-0.1, -0.05) is 6.92 Å². The molecule has 3 heterocycles. The van der Waals surface area contributed by atoms with E-state index >= 15 is 0 Å². The van der Waals surface area contributed by atoms with E-state index in [0.29, 0.717) is 17.5 Å². The summed E-state index contributed by atoms with van der Waals surface area (Å²) in [6.07, 6.45) is 4.68. The first kappa shape index (κ1) is 15.4. The molecule has 0 spiro atoms. The highest BCUT2D eigenvalue weighted by atomic mass is 16.5. The van der Waals surface area contributed by atoms with Gasteiger partial charge in [-0.15, -0.1) is 10.2 Å². The SMILES string of the molecule is CNC1(C)CC(C)(c2nnc(COc3cnc4c(c3)NCC4)o2)C1. The van der Waals surface area contributed by atoms with Crippen LogP contribution >= 0.6 is 0 Å². The van der Waals surface area contributed by atoms with Gasteiger partial charge in [0.25, 0.3) is 5.89 Å². The third kappa shape index (κ3) is 2.62. The van der Waals surface area contributed by atoms with Gasteiger partial charge in [-0.2, -0.15) is 0 Å². The van der Waals surface area contributed by atoms with Crippen molar-refractivity contribution in [3.63, 3.8) is 0 Å². The molecule has 0 bridgehead atoms. The maximum absolute atomic E-state index is 5.83.